The third-order valence-corrected chi connectivity index (χ3v) is 3.64. The highest BCUT2D eigenvalue weighted by atomic mass is 32.2. The molecule has 104 valence electrons. The second-order valence-electron chi connectivity index (χ2n) is 4.12. The zero-order chi connectivity index (χ0) is 14.5. The van der Waals surface area contributed by atoms with Crippen LogP contribution in [0, 0.1) is 0 Å². The summed E-state index contributed by atoms with van der Waals surface area (Å²) >= 11 is 1.03. The normalized spacial score (nSPS) is 10.4. The average molecular weight is 290 g/mol. The molecule has 0 aliphatic carbocycles. The van der Waals surface area contributed by atoms with Gasteiger partial charge in [-0.3, -0.25) is 14.2 Å². The number of benzene rings is 1. The third-order valence-electron chi connectivity index (χ3n) is 2.70. The van der Waals surface area contributed by atoms with E-state index in [2.05, 4.69) is 11.9 Å². The van der Waals surface area contributed by atoms with Crippen molar-refractivity contribution >= 4 is 17.7 Å². The number of carboxylic acids is 1. The molecule has 0 amide bonds. The summed E-state index contributed by atoms with van der Waals surface area (Å²) in [6.45, 7) is 2.06. The van der Waals surface area contributed by atoms with Gasteiger partial charge in [0.25, 0.3) is 5.56 Å². The van der Waals surface area contributed by atoms with E-state index in [0.717, 1.165) is 29.4 Å². The first-order valence-electron chi connectivity index (χ1n) is 6.13. The van der Waals surface area contributed by atoms with Gasteiger partial charge in [0.2, 0.25) is 0 Å². The van der Waals surface area contributed by atoms with E-state index in [-0.39, 0.29) is 11.3 Å². The lowest BCUT2D eigenvalue weighted by atomic mass is 10.1. The van der Waals surface area contributed by atoms with Crippen LogP contribution < -0.4 is 5.56 Å². The van der Waals surface area contributed by atoms with Crippen molar-refractivity contribution in [2.24, 2.45) is 0 Å². The summed E-state index contributed by atoms with van der Waals surface area (Å²) in [6, 6.07) is 9.21. The lowest BCUT2D eigenvalue weighted by Crippen LogP contribution is -2.13. The van der Waals surface area contributed by atoms with Crippen LogP contribution in [0.25, 0.3) is 5.69 Å². The molecule has 0 aliphatic heterocycles. The number of hydrogen-bond acceptors (Lipinski definition) is 4. The van der Waals surface area contributed by atoms with E-state index >= 15 is 0 Å². The molecule has 0 radical (unpaired) electrons. The van der Waals surface area contributed by atoms with Gasteiger partial charge in [-0.1, -0.05) is 30.8 Å². The summed E-state index contributed by atoms with van der Waals surface area (Å²) in [5.74, 6) is -1.08. The number of aryl methyl sites for hydroxylation is 1. The van der Waals surface area contributed by atoms with Gasteiger partial charge in [-0.15, -0.1) is 0 Å². The highest BCUT2D eigenvalue weighted by Gasteiger charge is 2.08. The van der Waals surface area contributed by atoms with Crippen molar-refractivity contribution in [2.75, 3.05) is 5.75 Å². The van der Waals surface area contributed by atoms with Crippen molar-refractivity contribution in [2.45, 2.75) is 18.5 Å². The second kappa shape index (κ2) is 6.38. The maximum atomic E-state index is 11.4. The van der Waals surface area contributed by atoms with Crippen LogP contribution in [0.3, 0.4) is 0 Å². The van der Waals surface area contributed by atoms with E-state index in [4.69, 9.17) is 5.11 Å². The molecule has 20 heavy (non-hydrogen) atoms. The van der Waals surface area contributed by atoms with Crippen LogP contribution in [-0.4, -0.2) is 26.4 Å². The number of carboxylic acid groups (broad SMARTS) is 1. The highest BCUT2D eigenvalue weighted by molar-refractivity contribution is 7.99. The molecule has 1 aromatic carbocycles. The van der Waals surface area contributed by atoms with Gasteiger partial charge in [0.15, 0.2) is 5.16 Å². The first-order chi connectivity index (χ1) is 9.60. The zero-order valence-corrected chi connectivity index (χ0v) is 11.8. The Hall–Kier alpha value is -2.08. The van der Waals surface area contributed by atoms with Crippen LogP contribution >= 0.6 is 11.8 Å². The van der Waals surface area contributed by atoms with E-state index < -0.39 is 5.97 Å². The molecular weight excluding hydrogens is 276 g/mol. The number of thioether (sulfide) groups is 1. The van der Waals surface area contributed by atoms with Crippen molar-refractivity contribution in [3.8, 4) is 5.69 Å². The lowest BCUT2D eigenvalue weighted by Gasteiger charge is -2.11. The maximum absolute atomic E-state index is 11.4. The number of hydrogen-bond donors (Lipinski definition) is 1. The Kier molecular flexibility index (Phi) is 4.57. The summed E-state index contributed by atoms with van der Waals surface area (Å²) in [5.41, 5.74) is 1.65. The van der Waals surface area contributed by atoms with Crippen LogP contribution in [0.5, 0.6) is 0 Å². The van der Waals surface area contributed by atoms with E-state index in [0.29, 0.717) is 5.16 Å². The lowest BCUT2D eigenvalue weighted by molar-refractivity contribution is -0.133. The predicted molar refractivity (Wildman–Crippen MR) is 77.6 cm³/mol. The third kappa shape index (κ3) is 3.48. The van der Waals surface area contributed by atoms with Crippen LogP contribution in [0.4, 0.5) is 0 Å². The molecule has 6 heteroatoms. The molecule has 2 rings (SSSR count). The number of rotatable bonds is 5. The molecular formula is C14H14N2O3S. The van der Waals surface area contributed by atoms with Crippen molar-refractivity contribution in [1.82, 2.24) is 9.55 Å². The van der Waals surface area contributed by atoms with Gasteiger partial charge in [-0.2, -0.15) is 4.98 Å². The molecule has 0 bridgehead atoms. The highest BCUT2D eigenvalue weighted by Crippen LogP contribution is 2.19. The molecule has 0 spiro atoms. The standard InChI is InChI=1S/C14H14N2O3S/c1-2-10-4-3-5-11(8-10)16-7-6-12(17)15-14(16)20-9-13(18)19/h3-8H,2,9H2,1H3,(H,18,19). The largest absolute Gasteiger partial charge is 0.481 e. The summed E-state index contributed by atoms with van der Waals surface area (Å²) in [7, 11) is 0. The number of aromatic nitrogens is 2. The minimum Gasteiger partial charge on any atom is -0.481 e. The van der Waals surface area contributed by atoms with Crippen molar-refractivity contribution < 1.29 is 9.90 Å². The van der Waals surface area contributed by atoms with Gasteiger partial charge in [-0.05, 0) is 24.1 Å². The molecule has 0 atom stereocenters. The molecule has 1 heterocycles. The fourth-order valence-electron chi connectivity index (χ4n) is 1.74. The fourth-order valence-corrected chi connectivity index (χ4v) is 2.45. The Morgan fingerprint density at radius 1 is 1.40 bits per heavy atom. The summed E-state index contributed by atoms with van der Waals surface area (Å²) < 4.78 is 1.73. The molecule has 0 aliphatic rings. The van der Waals surface area contributed by atoms with Gasteiger partial charge in [-0.25, -0.2) is 0 Å². The first kappa shape index (κ1) is 14.3. The Labute approximate surface area is 120 Å². The van der Waals surface area contributed by atoms with E-state index in [9.17, 15) is 9.59 Å². The minimum absolute atomic E-state index is 0.135. The quantitative estimate of drug-likeness (QED) is 0.673. The maximum Gasteiger partial charge on any atom is 0.313 e. The number of carbonyl (C=O) groups is 1. The number of nitrogens with zero attached hydrogens (tertiary/aromatic N) is 2. The Bertz CT molecular complexity index is 682. The Morgan fingerprint density at radius 3 is 2.90 bits per heavy atom. The Balaban J connectivity index is 2.43. The molecule has 5 nitrogen and oxygen atoms in total. The monoisotopic (exact) mass is 290 g/mol. The molecule has 0 saturated heterocycles. The van der Waals surface area contributed by atoms with E-state index in [1.165, 1.54) is 6.07 Å². The second-order valence-corrected chi connectivity index (χ2v) is 5.07. The van der Waals surface area contributed by atoms with Crippen LogP contribution in [0.2, 0.25) is 0 Å². The molecule has 1 aromatic heterocycles. The topological polar surface area (TPSA) is 72.2 Å². The van der Waals surface area contributed by atoms with Gasteiger partial charge >= 0.3 is 5.97 Å². The van der Waals surface area contributed by atoms with E-state index in [1.807, 2.05) is 24.3 Å². The van der Waals surface area contributed by atoms with Crippen LogP contribution in [0.15, 0.2) is 46.5 Å². The van der Waals surface area contributed by atoms with Gasteiger partial charge < -0.3 is 5.11 Å². The molecule has 1 N–H and O–H groups in total. The molecule has 2 aromatic rings. The molecule has 0 fully saturated rings. The van der Waals surface area contributed by atoms with Crippen molar-refractivity contribution in [1.29, 1.82) is 0 Å². The minimum atomic E-state index is -0.943. The fraction of sp³-hybridized carbons (Fsp3) is 0.214. The van der Waals surface area contributed by atoms with E-state index in [1.54, 1.807) is 10.8 Å². The SMILES string of the molecule is CCc1cccc(-n2ccc(=O)nc2SCC(=O)O)c1. The summed E-state index contributed by atoms with van der Waals surface area (Å²) in [4.78, 5) is 25.9. The first-order valence-corrected chi connectivity index (χ1v) is 7.12. The van der Waals surface area contributed by atoms with Crippen molar-refractivity contribution in [3.05, 3.63) is 52.4 Å². The van der Waals surface area contributed by atoms with Gasteiger partial charge in [0.1, 0.15) is 0 Å². The average Bonchev–Trinajstić information content (AvgIpc) is 2.45. The Morgan fingerprint density at radius 2 is 2.20 bits per heavy atom. The molecule has 0 saturated carbocycles. The molecule has 0 unspecified atom stereocenters. The summed E-state index contributed by atoms with van der Waals surface area (Å²) in [6.07, 6.45) is 2.52. The smallest absolute Gasteiger partial charge is 0.313 e. The van der Waals surface area contributed by atoms with Crippen LogP contribution in [0.1, 0.15) is 12.5 Å². The predicted octanol–water partition coefficient (Wildman–Crippen LogP) is 1.97. The summed E-state index contributed by atoms with van der Waals surface area (Å²) in [5, 5.41) is 9.13. The van der Waals surface area contributed by atoms with Gasteiger partial charge in [0, 0.05) is 18.0 Å². The number of aliphatic carboxylic acids is 1. The zero-order valence-electron chi connectivity index (χ0n) is 10.9. The van der Waals surface area contributed by atoms with Gasteiger partial charge in [0.05, 0.1) is 5.75 Å². The van der Waals surface area contributed by atoms with Crippen molar-refractivity contribution in [3.63, 3.8) is 0 Å². The van der Waals surface area contributed by atoms with Crippen LogP contribution in [-0.2, 0) is 11.2 Å².